The molecule has 0 spiro atoms. The van der Waals surface area contributed by atoms with Gasteiger partial charge in [-0.2, -0.15) is 13.2 Å². The van der Waals surface area contributed by atoms with Crippen molar-refractivity contribution in [3.8, 4) is 0 Å². The number of thioether (sulfide) groups is 1. The molecule has 3 rings (SSSR count). The first kappa shape index (κ1) is 16.8. The summed E-state index contributed by atoms with van der Waals surface area (Å²) in [4.78, 5) is 14.9. The number of alkyl halides is 3. The maximum atomic E-state index is 13.0. The van der Waals surface area contributed by atoms with Gasteiger partial charge in [0.2, 0.25) is 0 Å². The van der Waals surface area contributed by atoms with E-state index in [-0.39, 0.29) is 21.6 Å². The average Bonchev–Trinajstić information content (AvgIpc) is 2.88. The summed E-state index contributed by atoms with van der Waals surface area (Å²) in [7, 11) is 0. The van der Waals surface area contributed by atoms with Gasteiger partial charge in [0.25, 0.3) is 0 Å². The molecule has 0 amide bonds. The Morgan fingerprint density at radius 3 is 2.71 bits per heavy atom. The molecule has 0 aliphatic carbocycles. The smallest absolute Gasteiger partial charge is 0.384 e. The molecule has 10 heteroatoms. The largest absolute Gasteiger partial charge is 0.418 e. The van der Waals surface area contributed by atoms with E-state index < -0.39 is 11.7 Å². The maximum absolute atomic E-state index is 13.0. The number of H-pyrrole nitrogens is 1. The Morgan fingerprint density at radius 2 is 2.04 bits per heavy atom. The molecule has 3 aromatic rings. The molecule has 0 radical (unpaired) electrons. The molecule has 3 N–H and O–H groups in total. The van der Waals surface area contributed by atoms with Crippen LogP contribution in [-0.4, -0.2) is 19.9 Å². The lowest BCUT2D eigenvalue weighted by atomic mass is 10.1. The molecule has 1 atom stereocenters. The number of aromatic nitrogens is 4. The van der Waals surface area contributed by atoms with Crippen LogP contribution in [0.4, 0.5) is 19.0 Å². The average molecular weight is 374 g/mol. The lowest BCUT2D eigenvalue weighted by Crippen LogP contribution is -2.04. The molecule has 5 nitrogen and oxygen atoms in total. The number of nitrogens with one attached hydrogen (secondary N) is 1. The Balaban J connectivity index is 1.93. The van der Waals surface area contributed by atoms with Gasteiger partial charge in [0.15, 0.2) is 5.16 Å². The molecular weight excluding hydrogens is 363 g/mol. The van der Waals surface area contributed by atoms with E-state index in [0.717, 1.165) is 6.20 Å². The van der Waals surface area contributed by atoms with Crippen molar-refractivity contribution < 1.29 is 13.2 Å². The van der Waals surface area contributed by atoms with Gasteiger partial charge in [-0.15, -0.1) is 0 Å². The fourth-order valence-electron chi connectivity index (χ4n) is 2.18. The number of nitrogen functional groups attached to an aromatic ring is 1. The van der Waals surface area contributed by atoms with Gasteiger partial charge in [-0.3, -0.25) is 4.98 Å². The minimum absolute atomic E-state index is 0.0754. The lowest BCUT2D eigenvalue weighted by Gasteiger charge is -2.11. The first-order valence-corrected chi connectivity index (χ1v) is 8.01. The van der Waals surface area contributed by atoms with Crippen LogP contribution in [0.5, 0.6) is 0 Å². The Bertz CT molecular complexity index is 875. The molecule has 0 aliphatic rings. The summed E-state index contributed by atoms with van der Waals surface area (Å²) in [6.07, 6.45) is -2.11. The lowest BCUT2D eigenvalue weighted by molar-refractivity contribution is -0.136. The maximum Gasteiger partial charge on any atom is 0.418 e. The zero-order valence-corrected chi connectivity index (χ0v) is 13.8. The molecule has 126 valence electrons. The van der Waals surface area contributed by atoms with Crippen molar-refractivity contribution in [1.82, 2.24) is 19.9 Å². The van der Waals surface area contributed by atoms with Gasteiger partial charge in [-0.1, -0.05) is 23.4 Å². The predicted octanol–water partition coefficient (Wildman–Crippen LogP) is 4.46. The van der Waals surface area contributed by atoms with Crippen molar-refractivity contribution in [1.29, 1.82) is 0 Å². The number of nitrogens with zero attached hydrogens (tertiary/aromatic N) is 3. The molecule has 0 aromatic carbocycles. The van der Waals surface area contributed by atoms with Gasteiger partial charge in [0.1, 0.15) is 11.0 Å². The van der Waals surface area contributed by atoms with E-state index >= 15 is 0 Å². The van der Waals surface area contributed by atoms with Crippen LogP contribution in [0.1, 0.15) is 23.4 Å². The highest BCUT2D eigenvalue weighted by atomic mass is 35.5. The van der Waals surface area contributed by atoms with E-state index in [1.54, 1.807) is 6.92 Å². The topological polar surface area (TPSA) is 80.5 Å². The first-order valence-electron chi connectivity index (χ1n) is 6.75. The Morgan fingerprint density at radius 1 is 1.29 bits per heavy atom. The first-order chi connectivity index (χ1) is 11.2. The van der Waals surface area contributed by atoms with Crippen LogP contribution >= 0.6 is 23.4 Å². The number of aromatic amines is 1. The normalized spacial score (nSPS) is 13.4. The molecule has 24 heavy (non-hydrogen) atoms. The van der Waals surface area contributed by atoms with E-state index in [1.807, 2.05) is 0 Å². The molecule has 0 bridgehead atoms. The number of halogens is 4. The van der Waals surface area contributed by atoms with Crippen LogP contribution in [0, 0.1) is 0 Å². The van der Waals surface area contributed by atoms with Gasteiger partial charge < -0.3 is 10.7 Å². The minimum Gasteiger partial charge on any atom is -0.384 e. The summed E-state index contributed by atoms with van der Waals surface area (Å²) in [5, 5.41) is 0.319. The summed E-state index contributed by atoms with van der Waals surface area (Å²) in [6.45, 7) is 1.79. The van der Waals surface area contributed by atoms with Gasteiger partial charge in [0, 0.05) is 17.6 Å². The third-order valence-corrected chi connectivity index (χ3v) is 4.47. The summed E-state index contributed by atoms with van der Waals surface area (Å²) in [5.41, 5.74) is 5.69. The van der Waals surface area contributed by atoms with E-state index in [9.17, 15) is 13.2 Å². The Kier molecular flexibility index (Phi) is 4.31. The van der Waals surface area contributed by atoms with E-state index in [1.165, 1.54) is 30.1 Å². The van der Waals surface area contributed by atoms with E-state index in [0.29, 0.717) is 16.4 Å². The number of hydrogen-bond donors (Lipinski definition) is 2. The number of pyridine rings is 1. The monoisotopic (exact) mass is 373 g/mol. The van der Waals surface area contributed by atoms with Gasteiger partial charge in [-0.25, -0.2) is 9.97 Å². The fourth-order valence-corrected chi connectivity index (χ4v) is 3.30. The molecule has 3 aromatic heterocycles. The number of rotatable bonds is 3. The van der Waals surface area contributed by atoms with E-state index in [4.69, 9.17) is 17.3 Å². The highest BCUT2D eigenvalue weighted by Gasteiger charge is 2.33. The molecule has 1 unspecified atom stereocenters. The Labute approximate surface area is 143 Å². The highest BCUT2D eigenvalue weighted by molar-refractivity contribution is 7.99. The second-order valence-electron chi connectivity index (χ2n) is 5.01. The third-order valence-electron chi connectivity index (χ3n) is 3.29. The van der Waals surface area contributed by atoms with Crippen molar-refractivity contribution in [3.05, 3.63) is 40.9 Å². The van der Waals surface area contributed by atoms with E-state index in [2.05, 4.69) is 19.9 Å². The predicted molar refractivity (Wildman–Crippen MR) is 86.8 cm³/mol. The Hall–Kier alpha value is -2.00. The van der Waals surface area contributed by atoms with Crippen LogP contribution in [-0.2, 0) is 6.18 Å². The standard InChI is InChI=1S/C14H11ClF3N5S/c1-6(24-13-22-11(15)3-12(19)23-13)9-2-7-8(14(16,17)18)4-20-10(7)5-21-9/h2-6,20H,1H3,(H2,19,22,23). The molecule has 0 saturated heterocycles. The second-order valence-corrected chi connectivity index (χ2v) is 6.71. The van der Waals surface area contributed by atoms with Gasteiger partial charge >= 0.3 is 6.18 Å². The van der Waals surface area contributed by atoms with Crippen molar-refractivity contribution in [3.63, 3.8) is 0 Å². The summed E-state index contributed by atoms with van der Waals surface area (Å²) >= 11 is 7.03. The summed E-state index contributed by atoms with van der Waals surface area (Å²) in [6, 6.07) is 2.83. The van der Waals surface area contributed by atoms with Crippen LogP contribution < -0.4 is 5.73 Å². The number of fused-ring (bicyclic) bond motifs is 1. The number of hydrogen-bond acceptors (Lipinski definition) is 5. The van der Waals surface area contributed by atoms with Crippen LogP contribution in [0.25, 0.3) is 10.9 Å². The van der Waals surface area contributed by atoms with Gasteiger partial charge in [0.05, 0.1) is 28.2 Å². The molecule has 0 aliphatic heterocycles. The molecule has 0 saturated carbocycles. The number of nitrogens with two attached hydrogens (primary N) is 1. The van der Waals surface area contributed by atoms with Crippen LogP contribution in [0.3, 0.4) is 0 Å². The van der Waals surface area contributed by atoms with Gasteiger partial charge in [-0.05, 0) is 13.0 Å². The summed E-state index contributed by atoms with van der Waals surface area (Å²) in [5.74, 6) is 0.220. The zero-order chi connectivity index (χ0) is 17.5. The van der Waals surface area contributed by atoms with Crippen molar-refractivity contribution in [2.75, 3.05) is 5.73 Å². The van der Waals surface area contributed by atoms with Crippen LogP contribution in [0.15, 0.2) is 29.7 Å². The summed E-state index contributed by atoms with van der Waals surface area (Å²) < 4.78 is 39.1. The number of anilines is 1. The zero-order valence-electron chi connectivity index (χ0n) is 12.2. The van der Waals surface area contributed by atoms with Crippen molar-refractivity contribution in [2.24, 2.45) is 0 Å². The molecule has 3 heterocycles. The van der Waals surface area contributed by atoms with Crippen molar-refractivity contribution in [2.45, 2.75) is 23.5 Å². The third kappa shape index (κ3) is 3.41. The minimum atomic E-state index is -4.43. The molecule has 0 fully saturated rings. The molecular formula is C14H11ClF3N5S. The highest BCUT2D eigenvalue weighted by Crippen LogP contribution is 2.38. The second kappa shape index (κ2) is 6.14. The fraction of sp³-hybridized carbons (Fsp3) is 0.214. The quantitative estimate of drug-likeness (QED) is 0.402. The van der Waals surface area contributed by atoms with Crippen LogP contribution in [0.2, 0.25) is 5.15 Å². The van der Waals surface area contributed by atoms with Crippen molar-refractivity contribution >= 4 is 40.1 Å². The SMILES string of the molecule is CC(Sc1nc(N)cc(Cl)n1)c1cc2c(C(F)(F)F)c[nH]c2cn1.